The fraction of sp³-hybridized carbons (Fsp3) is 0.276. The van der Waals surface area contributed by atoms with Crippen molar-refractivity contribution in [3.8, 4) is 11.1 Å². The van der Waals surface area contributed by atoms with Crippen molar-refractivity contribution >= 4 is 33.2 Å². The van der Waals surface area contributed by atoms with E-state index in [0.717, 1.165) is 12.3 Å². The van der Waals surface area contributed by atoms with Gasteiger partial charge in [-0.2, -0.15) is 0 Å². The molecule has 0 aliphatic rings. The predicted molar refractivity (Wildman–Crippen MR) is 153 cm³/mol. The molecule has 0 aliphatic heterocycles. The maximum Gasteiger partial charge on any atom is 0.314 e. The summed E-state index contributed by atoms with van der Waals surface area (Å²) in [6.45, 7) is 6.27. The number of para-hydroxylation sites is 1. The van der Waals surface area contributed by atoms with Crippen LogP contribution in [0.3, 0.4) is 0 Å². The second kappa shape index (κ2) is 13.2. The lowest BCUT2D eigenvalue weighted by molar-refractivity contribution is -0.143. The van der Waals surface area contributed by atoms with Crippen LogP contribution in [0.4, 0.5) is 10.1 Å². The van der Waals surface area contributed by atoms with Crippen molar-refractivity contribution in [2.45, 2.75) is 32.2 Å². The minimum Gasteiger partial charge on any atom is -0.394 e. The number of rotatable bonds is 10. The number of nitrogens with two attached hydrogens (primary N) is 1. The Hall–Kier alpha value is -4.25. The van der Waals surface area contributed by atoms with Crippen LogP contribution in [-0.4, -0.2) is 50.4 Å². The third-order valence-electron chi connectivity index (χ3n) is 5.78. The van der Waals surface area contributed by atoms with E-state index in [-0.39, 0.29) is 46.6 Å². The number of anilines is 1. The molecule has 0 spiro atoms. The van der Waals surface area contributed by atoms with E-state index in [4.69, 9.17) is 10.6 Å². The molecule has 0 radical (unpaired) electrons. The van der Waals surface area contributed by atoms with Crippen LogP contribution in [0.15, 0.2) is 76.8 Å². The number of amides is 2. The van der Waals surface area contributed by atoms with Crippen molar-refractivity contribution in [3.63, 3.8) is 0 Å². The van der Waals surface area contributed by atoms with E-state index >= 15 is 4.39 Å². The smallest absolute Gasteiger partial charge is 0.314 e. The molecule has 0 saturated carbocycles. The van der Waals surface area contributed by atoms with E-state index in [1.165, 1.54) is 29.2 Å². The van der Waals surface area contributed by atoms with Gasteiger partial charge in [-0.3, -0.25) is 9.59 Å². The fourth-order valence-electron chi connectivity index (χ4n) is 4.09. The molecule has 3 aromatic carbocycles. The molecule has 0 saturated heterocycles. The van der Waals surface area contributed by atoms with Gasteiger partial charge in [-0.1, -0.05) is 67.5 Å². The number of nitrogens with one attached hydrogen (secondary N) is 1. The molecule has 0 aliphatic carbocycles. The number of oxime groups is 1. The van der Waals surface area contributed by atoms with Gasteiger partial charge < -0.3 is 20.8 Å². The van der Waals surface area contributed by atoms with Crippen LogP contribution < -0.4 is 11.1 Å². The molecule has 40 heavy (non-hydrogen) atoms. The second-order valence-corrected chi connectivity index (χ2v) is 11.5. The first kappa shape index (κ1) is 30.3. The molecule has 212 valence electrons. The van der Waals surface area contributed by atoms with Gasteiger partial charge in [-0.05, 0) is 36.6 Å². The van der Waals surface area contributed by atoms with Crippen LogP contribution in [0.5, 0.6) is 0 Å². The summed E-state index contributed by atoms with van der Waals surface area (Å²) in [5.41, 5.74) is 7.31. The highest BCUT2D eigenvalue weighted by Crippen LogP contribution is 2.34. The Bertz CT molecular complexity index is 1520. The van der Waals surface area contributed by atoms with Gasteiger partial charge in [-0.25, -0.2) is 12.8 Å². The third-order valence-corrected chi connectivity index (χ3v) is 6.94. The number of benzene rings is 3. The Morgan fingerprint density at radius 1 is 1.05 bits per heavy atom. The highest BCUT2D eigenvalue weighted by Gasteiger charge is 2.26. The summed E-state index contributed by atoms with van der Waals surface area (Å²) in [6, 6.07) is 17.1. The van der Waals surface area contributed by atoms with E-state index in [0.29, 0.717) is 17.7 Å². The first-order valence-corrected chi connectivity index (χ1v) is 14.5. The number of carbonyl (C=O) groups excluding carboxylic acids is 2. The van der Waals surface area contributed by atoms with Crippen molar-refractivity contribution in [3.05, 3.63) is 83.7 Å². The zero-order valence-electron chi connectivity index (χ0n) is 22.8. The molecule has 3 N–H and O–H groups in total. The number of nitrogens with zero attached hydrogens (tertiary/aromatic N) is 2. The zero-order chi connectivity index (χ0) is 29.4. The predicted octanol–water partition coefficient (Wildman–Crippen LogP) is 4.18. The number of hydrogen-bond donors (Lipinski definition) is 2. The van der Waals surface area contributed by atoms with Gasteiger partial charge in [-0.15, -0.1) is 0 Å². The topological polar surface area (TPSA) is 131 Å². The normalized spacial score (nSPS) is 11.8. The number of carbonyl (C=O) groups is 2. The van der Waals surface area contributed by atoms with Crippen LogP contribution in [0.25, 0.3) is 11.1 Å². The molecule has 3 aromatic rings. The summed E-state index contributed by atoms with van der Waals surface area (Å²) >= 11 is 0. The Balaban J connectivity index is 1.92. The van der Waals surface area contributed by atoms with Crippen LogP contribution in [0.1, 0.15) is 31.9 Å². The maximum absolute atomic E-state index is 15.0. The Morgan fingerprint density at radius 3 is 2.40 bits per heavy atom. The summed E-state index contributed by atoms with van der Waals surface area (Å²) in [5.74, 6) is -2.55. The lowest BCUT2D eigenvalue weighted by Crippen LogP contribution is -2.41. The molecule has 0 unspecified atom stereocenters. The van der Waals surface area contributed by atoms with Gasteiger partial charge in [0.25, 0.3) is 0 Å². The van der Waals surface area contributed by atoms with Crippen molar-refractivity contribution in [2.75, 3.05) is 24.7 Å². The van der Waals surface area contributed by atoms with Crippen molar-refractivity contribution in [2.24, 2.45) is 16.8 Å². The molecule has 0 aromatic heterocycles. The van der Waals surface area contributed by atoms with E-state index in [9.17, 15) is 18.0 Å². The third kappa shape index (κ3) is 7.66. The molecule has 2 amide bonds. The molecule has 3 rings (SSSR count). The molecule has 0 bridgehead atoms. The molecule has 0 fully saturated rings. The molecule has 0 atom stereocenters. The fourth-order valence-corrected chi connectivity index (χ4v) is 5.00. The van der Waals surface area contributed by atoms with Crippen LogP contribution in [0.2, 0.25) is 0 Å². The minimum absolute atomic E-state index is 0.0233. The Morgan fingerprint density at radius 2 is 1.73 bits per heavy atom. The number of hydrogen-bond acceptors (Lipinski definition) is 6. The van der Waals surface area contributed by atoms with Crippen molar-refractivity contribution in [1.82, 2.24) is 4.90 Å². The quantitative estimate of drug-likeness (QED) is 0.163. The summed E-state index contributed by atoms with van der Waals surface area (Å²) < 4.78 is 39.8. The second-order valence-electron chi connectivity index (χ2n) is 9.56. The monoisotopic (exact) mass is 568 g/mol. The highest BCUT2D eigenvalue weighted by molar-refractivity contribution is 7.90. The maximum atomic E-state index is 15.0. The number of sulfone groups is 1. The summed E-state index contributed by atoms with van der Waals surface area (Å²) in [4.78, 5) is 32.9. The van der Waals surface area contributed by atoms with Crippen LogP contribution in [-0.2, 0) is 30.8 Å². The first-order valence-electron chi connectivity index (χ1n) is 12.6. The van der Waals surface area contributed by atoms with E-state index < -0.39 is 27.5 Å². The van der Waals surface area contributed by atoms with Gasteiger partial charge in [0.05, 0.1) is 10.6 Å². The van der Waals surface area contributed by atoms with E-state index in [1.54, 1.807) is 43.3 Å². The SMILES string of the molecule is CCON=C(N)c1cccc(CN(CC(C)C)C(=O)C(=O)Nc2c(F)cccc2-c2ccccc2S(C)(=O)=O)c1. The van der Waals surface area contributed by atoms with Crippen LogP contribution >= 0.6 is 0 Å². The van der Waals surface area contributed by atoms with Gasteiger partial charge in [0.2, 0.25) is 0 Å². The summed E-state index contributed by atoms with van der Waals surface area (Å²) in [6.07, 6.45) is 1.04. The van der Waals surface area contributed by atoms with E-state index in [1.807, 2.05) is 13.8 Å². The largest absolute Gasteiger partial charge is 0.394 e. The zero-order valence-corrected chi connectivity index (χ0v) is 23.7. The number of amidine groups is 1. The summed E-state index contributed by atoms with van der Waals surface area (Å²) in [5, 5.41) is 6.22. The van der Waals surface area contributed by atoms with Gasteiger partial charge in [0, 0.05) is 36.0 Å². The van der Waals surface area contributed by atoms with Crippen molar-refractivity contribution < 1.29 is 27.2 Å². The lowest BCUT2D eigenvalue weighted by Gasteiger charge is -2.25. The summed E-state index contributed by atoms with van der Waals surface area (Å²) in [7, 11) is -3.67. The number of halogens is 1. The standard InChI is InChI=1S/C29H33FN4O5S/c1-5-39-33-27(31)21-11-8-10-20(16-21)18-34(17-19(2)3)29(36)28(35)32-26-23(13-9-14-24(26)30)22-12-6-7-15-25(22)40(4,37)38/h6-16,19H,5,17-18H2,1-4H3,(H2,31,33)(H,32,35). The van der Waals surface area contributed by atoms with E-state index in [2.05, 4.69) is 10.5 Å². The molecule has 9 nitrogen and oxygen atoms in total. The average molecular weight is 569 g/mol. The van der Waals surface area contributed by atoms with Gasteiger partial charge >= 0.3 is 11.8 Å². The molecular formula is C29H33FN4O5S. The first-order chi connectivity index (χ1) is 18.9. The molecule has 0 heterocycles. The minimum atomic E-state index is -3.67. The highest BCUT2D eigenvalue weighted by atomic mass is 32.2. The lowest BCUT2D eigenvalue weighted by atomic mass is 10.0. The van der Waals surface area contributed by atoms with Gasteiger partial charge in [0.15, 0.2) is 15.7 Å². The average Bonchev–Trinajstić information content (AvgIpc) is 2.91. The van der Waals surface area contributed by atoms with Gasteiger partial charge in [0.1, 0.15) is 12.4 Å². The molecule has 11 heteroatoms. The Kier molecular flexibility index (Phi) is 10.0. The van der Waals surface area contributed by atoms with Crippen LogP contribution in [0, 0.1) is 11.7 Å². The molecular weight excluding hydrogens is 535 g/mol. The Labute approximate surface area is 233 Å². The van der Waals surface area contributed by atoms with Crippen molar-refractivity contribution in [1.29, 1.82) is 0 Å².